The van der Waals surface area contributed by atoms with Crippen molar-refractivity contribution in [3.63, 3.8) is 0 Å². The summed E-state index contributed by atoms with van der Waals surface area (Å²) in [6.45, 7) is 2.11. The lowest BCUT2D eigenvalue weighted by molar-refractivity contribution is 0.0305. The molecule has 5 heteroatoms. The molecule has 0 aliphatic heterocycles. The molecule has 1 atom stereocenters. The zero-order valence-electron chi connectivity index (χ0n) is 13.0. The third kappa shape index (κ3) is 4.98. The molecule has 1 amide bonds. The van der Waals surface area contributed by atoms with Gasteiger partial charge in [0.2, 0.25) is 0 Å². The van der Waals surface area contributed by atoms with E-state index in [0.29, 0.717) is 17.0 Å². The van der Waals surface area contributed by atoms with E-state index in [-0.39, 0.29) is 13.2 Å². The van der Waals surface area contributed by atoms with Crippen LogP contribution in [0.5, 0.6) is 0 Å². The van der Waals surface area contributed by atoms with Crippen molar-refractivity contribution in [1.82, 2.24) is 5.32 Å². The van der Waals surface area contributed by atoms with E-state index in [0.717, 1.165) is 5.56 Å². The number of amides is 1. The topological polar surface area (TPSA) is 58.6 Å². The van der Waals surface area contributed by atoms with Gasteiger partial charge in [0.25, 0.3) is 0 Å². The molecule has 2 N–H and O–H groups in total. The summed E-state index contributed by atoms with van der Waals surface area (Å²) < 4.78 is 5.14. The van der Waals surface area contributed by atoms with Gasteiger partial charge in [-0.15, -0.1) is 0 Å². The second-order valence-corrected chi connectivity index (χ2v) is 5.74. The summed E-state index contributed by atoms with van der Waals surface area (Å²) in [6.07, 6.45) is -0.108. The summed E-state index contributed by atoms with van der Waals surface area (Å²) >= 11 is 5.86. The van der Waals surface area contributed by atoms with Gasteiger partial charge >= 0.3 is 6.09 Å². The highest BCUT2D eigenvalue weighted by Crippen LogP contribution is 2.25. The molecular weight excluding hydrogens is 314 g/mol. The summed E-state index contributed by atoms with van der Waals surface area (Å²) in [4.78, 5) is 11.8. The van der Waals surface area contributed by atoms with Gasteiger partial charge in [0.05, 0.1) is 6.54 Å². The maximum Gasteiger partial charge on any atom is 0.407 e. The number of carbonyl (C=O) groups excluding carboxylic acids is 1. The summed E-state index contributed by atoms with van der Waals surface area (Å²) in [5.74, 6) is 0. The van der Waals surface area contributed by atoms with Gasteiger partial charge in [-0.25, -0.2) is 4.79 Å². The van der Waals surface area contributed by atoms with Crippen LogP contribution in [0.15, 0.2) is 54.6 Å². The zero-order valence-corrected chi connectivity index (χ0v) is 13.7. The van der Waals surface area contributed by atoms with Gasteiger partial charge in [-0.3, -0.25) is 0 Å². The van der Waals surface area contributed by atoms with Crippen LogP contribution in [0.25, 0.3) is 0 Å². The summed E-state index contributed by atoms with van der Waals surface area (Å²) in [5.41, 5.74) is 0.454. The number of carbonyl (C=O) groups is 1. The van der Waals surface area contributed by atoms with E-state index >= 15 is 0 Å². The van der Waals surface area contributed by atoms with Gasteiger partial charge in [0.15, 0.2) is 0 Å². The van der Waals surface area contributed by atoms with Gasteiger partial charge in [-0.1, -0.05) is 61.0 Å². The number of ether oxygens (including phenoxy) is 1. The largest absolute Gasteiger partial charge is 0.445 e. The van der Waals surface area contributed by atoms with Crippen molar-refractivity contribution >= 4 is 17.7 Å². The van der Waals surface area contributed by atoms with Crippen molar-refractivity contribution in [2.75, 3.05) is 6.54 Å². The molecular formula is C18H20ClNO3. The Morgan fingerprint density at radius 3 is 2.43 bits per heavy atom. The molecule has 23 heavy (non-hydrogen) atoms. The van der Waals surface area contributed by atoms with E-state index in [9.17, 15) is 9.90 Å². The summed E-state index contributed by atoms with van der Waals surface area (Å²) in [5, 5.41) is 13.9. The molecule has 4 nitrogen and oxygen atoms in total. The van der Waals surface area contributed by atoms with Crippen LogP contribution >= 0.6 is 11.6 Å². The van der Waals surface area contributed by atoms with Crippen LogP contribution in [0, 0.1) is 0 Å². The fraction of sp³-hybridized carbons (Fsp3) is 0.278. The van der Waals surface area contributed by atoms with Crippen LogP contribution in [-0.2, 0) is 16.9 Å². The van der Waals surface area contributed by atoms with Crippen LogP contribution in [-0.4, -0.2) is 17.7 Å². The van der Waals surface area contributed by atoms with Gasteiger partial charge in [-0.05, 0) is 29.7 Å². The van der Waals surface area contributed by atoms with Crippen molar-refractivity contribution in [3.8, 4) is 0 Å². The average molecular weight is 334 g/mol. The Morgan fingerprint density at radius 1 is 1.17 bits per heavy atom. The van der Waals surface area contributed by atoms with Gasteiger partial charge < -0.3 is 15.2 Å². The Bertz CT molecular complexity index is 630. The molecule has 2 aromatic carbocycles. The van der Waals surface area contributed by atoms with E-state index in [4.69, 9.17) is 16.3 Å². The Morgan fingerprint density at radius 2 is 1.83 bits per heavy atom. The molecule has 2 aromatic rings. The smallest absolute Gasteiger partial charge is 0.407 e. The van der Waals surface area contributed by atoms with E-state index in [2.05, 4.69) is 5.32 Å². The Kier molecular flexibility index (Phi) is 6.02. The number of rotatable bonds is 6. The molecule has 0 spiro atoms. The second-order valence-electron chi connectivity index (χ2n) is 5.31. The highest BCUT2D eigenvalue weighted by molar-refractivity contribution is 6.30. The average Bonchev–Trinajstić information content (AvgIpc) is 2.59. The maximum absolute atomic E-state index is 11.8. The fourth-order valence-corrected chi connectivity index (χ4v) is 2.31. The minimum atomic E-state index is -1.16. The third-order valence-corrected chi connectivity index (χ3v) is 3.96. The number of hydrogen-bond acceptors (Lipinski definition) is 3. The highest BCUT2D eigenvalue weighted by atomic mass is 35.5. The predicted octanol–water partition coefficient (Wildman–Crippen LogP) is 3.86. The molecule has 0 aliphatic rings. The summed E-state index contributed by atoms with van der Waals surface area (Å²) in [7, 11) is 0. The number of benzene rings is 2. The maximum atomic E-state index is 11.8. The Balaban J connectivity index is 1.89. The molecule has 2 rings (SSSR count). The third-order valence-electron chi connectivity index (χ3n) is 3.70. The number of halogens is 1. The number of aliphatic hydroxyl groups is 1. The standard InChI is InChI=1S/C18H20ClNO3/c1-2-18(22,15-8-10-16(19)11-9-15)13-20-17(21)23-12-14-6-4-3-5-7-14/h3-11,22H,2,12-13H2,1H3,(H,20,21). The van der Waals surface area contributed by atoms with Crippen molar-refractivity contribution < 1.29 is 14.6 Å². The minimum Gasteiger partial charge on any atom is -0.445 e. The van der Waals surface area contributed by atoms with Crippen LogP contribution in [0.4, 0.5) is 4.79 Å². The minimum absolute atomic E-state index is 0.0682. The quantitative estimate of drug-likeness (QED) is 0.843. The van der Waals surface area contributed by atoms with E-state index < -0.39 is 11.7 Å². The van der Waals surface area contributed by atoms with Crippen LogP contribution in [0.1, 0.15) is 24.5 Å². The Labute approximate surface area is 141 Å². The zero-order chi connectivity index (χ0) is 16.7. The first-order chi connectivity index (χ1) is 11.0. The SMILES string of the molecule is CCC(O)(CNC(=O)OCc1ccccc1)c1ccc(Cl)cc1. The molecule has 0 bridgehead atoms. The highest BCUT2D eigenvalue weighted by Gasteiger charge is 2.28. The fourth-order valence-electron chi connectivity index (χ4n) is 2.18. The monoisotopic (exact) mass is 333 g/mol. The summed E-state index contributed by atoms with van der Waals surface area (Å²) in [6, 6.07) is 16.4. The van der Waals surface area contributed by atoms with Crippen molar-refractivity contribution in [2.45, 2.75) is 25.6 Å². The van der Waals surface area contributed by atoms with Crippen molar-refractivity contribution in [2.24, 2.45) is 0 Å². The van der Waals surface area contributed by atoms with Crippen LogP contribution < -0.4 is 5.32 Å². The number of nitrogens with one attached hydrogen (secondary N) is 1. The number of alkyl carbamates (subject to hydrolysis) is 1. The molecule has 0 aromatic heterocycles. The Hall–Kier alpha value is -2.04. The van der Waals surface area contributed by atoms with Crippen molar-refractivity contribution in [3.05, 3.63) is 70.7 Å². The first kappa shape index (κ1) is 17.3. The number of hydrogen-bond donors (Lipinski definition) is 2. The van der Waals surface area contributed by atoms with Crippen LogP contribution in [0.3, 0.4) is 0 Å². The van der Waals surface area contributed by atoms with Gasteiger partial charge in [-0.2, -0.15) is 0 Å². The molecule has 1 unspecified atom stereocenters. The van der Waals surface area contributed by atoms with E-state index in [1.807, 2.05) is 37.3 Å². The normalized spacial score (nSPS) is 13.2. The molecule has 0 aliphatic carbocycles. The van der Waals surface area contributed by atoms with Gasteiger partial charge in [0, 0.05) is 5.02 Å². The second kappa shape index (κ2) is 7.99. The molecule has 0 saturated carbocycles. The lowest BCUT2D eigenvalue weighted by Gasteiger charge is -2.27. The van der Waals surface area contributed by atoms with Gasteiger partial charge in [0.1, 0.15) is 12.2 Å². The lowest BCUT2D eigenvalue weighted by atomic mass is 9.91. The lowest BCUT2D eigenvalue weighted by Crippen LogP contribution is -2.40. The molecule has 0 heterocycles. The van der Waals surface area contributed by atoms with Crippen molar-refractivity contribution in [1.29, 1.82) is 0 Å². The predicted molar refractivity (Wildman–Crippen MR) is 90.3 cm³/mol. The first-order valence-electron chi connectivity index (χ1n) is 7.46. The van der Waals surface area contributed by atoms with E-state index in [1.54, 1.807) is 24.3 Å². The molecule has 0 fully saturated rings. The van der Waals surface area contributed by atoms with Crippen LogP contribution in [0.2, 0.25) is 5.02 Å². The molecule has 0 radical (unpaired) electrons. The first-order valence-corrected chi connectivity index (χ1v) is 7.84. The molecule has 0 saturated heterocycles. The molecule has 122 valence electrons. The van der Waals surface area contributed by atoms with E-state index in [1.165, 1.54) is 0 Å².